The summed E-state index contributed by atoms with van der Waals surface area (Å²) in [5, 5.41) is 14.2. The standard InChI is InChI=1S/C16H21FN4O3S2/c17-13-6-4-12(5-7-13)15-19-20-16(25-9-2-10-26(18,22)23)21(15)11-14-3-1-8-24-14/h4-7,14H,1-3,8-11H2,(H2,18,22,23). The van der Waals surface area contributed by atoms with Crippen LogP contribution in [-0.2, 0) is 21.3 Å². The van der Waals surface area contributed by atoms with E-state index in [0.29, 0.717) is 29.7 Å². The molecule has 142 valence electrons. The third kappa shape index (κ3) is 5.26. The van der Waals surface area contributed by atoms with E-state index >= 15 is 0 Å². The van der Waals surface area contributed by atoms with E-state index in [0.717, 1.165) is 25.0 Å². The monoisotopic (exact) mass is 400 g/mol. The molecule has 0 saturated carbocycles. The molecule has 0 radical (unpaired) electrons. The number of nitrogens with two attached hydrogens (primary N) is 1. The Morgan fingerprint density at radius 1 is 1.31 bits per heavy atom. The molecular formula is C16H21FN4O3S2. The van der Waals surface area contributed by atoms with E-state index in [1.165, 1.54) is 23.9 Å². The third-order valence-electron chi connectivity index (χ3n) is 4.03. The molecule has 2 aromatic rings. The number of thioether (sulfide) groups is 1. The topological polar surface area (TPSA) is 100 Å². The van der Waals surface area contributed by atoms with Crippen molar-refractivity contribution in [3.63, 3.8) is 0 Å². The number of hydrogen-bond acceptors (Lipinski definition) is 6. The number of primary sulfonamides is 1. The molecule has 0 aliphatic carbocycles. The average Bonchev–Trinajstić information content (AvgIpc) is 3.23. The van der Waals surface area contributed by atoms with Gasteiger partial charge in [0.2, 0.25) is 10.0 Å². The summed E-state index contributed by atoms with van der Waals surface area (Å²) < 4.78 is 43.0. The van der Waals surface area contributed by atoms with E-state index in [9.17, 15) is 12.8 Å². The second kappa shape index (κ2) is 8.47. The van der Waals surface area contributed by atoms with Gasteiger partial charge < -0.3 is 4.74 Å². The van der Waals surface area contributed by atoms with E-state index in [-0.39, 0.29) is 17.7 Å². The van der Waals surface area contributed by atoms with Gasteiger partial charge >= 0.3 is 0 Å². The summed E-state index contributed by atoms with van der Waals surface area (Å²) in [4.78, 5) is 0. The molecule has 1 unspecified atom stereocenters. The molecule has 3 rings (SSSR count). The number of halogens is 1. The first-order chi connectivity index (χ1) is 12.4. The van der Waals surface area contributed by atoms with Gasteiger partial charge in [-0.1, -0.05) is 11.8 Å². The van der Waals surface area contributed by atoms with Gasteiger partial charge in [0.25, 0.3) is 0 Å². The van der Waals surface area contributed by atoms with Gasteiger partial charge in [0.15, 0.2) is 11.0 Å². The molecule has 1 aromatic carbocycles. The Balaban J connectivity index is 1.77. The van der Waals surface area contributed by atoms with Gasteiger partial charge in [-0.25, -0.2) is 17.9 Å². The van der Waals surface area contributed by atoms with Crippen molar-refractivity contribution in [1.82, 2.24) is 14.8 Å². The Morgan fingerprint density at radius 3 is 2.73 bits per heavy atom. The van der Waals surface area contributed by atoms with Crippen LogP contribution in [0, 0.1) is 5.82 Å². The number of ether oxygens (including phenoxy) is 1. The minimum atomic E-state index is -3.46. The van der Waals surface area contributed by atoms with Crippen LogP contribution in [0.3, 0.4) is 0 Å². The lowest BCUT2D eigenvalue weighted by atomic mass is 10.2. The zero-order chi connectivity index (χ0) is 18.6. The molecule has 0 bridgehead atoms. The Labute approximate surface area is 156 Å². The van der Waals surface area contributed by atoms with Crippen molar-refractivity contribution < 1.29 is 17.5 Å². The molecule has 10 heteroatoms. The number of sulfonamides is 1. The van der Waals surface area contributed by atoms with Crippen molar-refractivity contribution in [2.75, 3.05) is 18.1 Å². The molecule has 7 nitrogen and oxygen atoms in total. The van der Waals surface area contributed by atoms with Gasteiger partial charge in [0.1, 0.15) is 5.82 Å². The Kier molecular flexibility index (Phi) is 6.28. The summed E-state index contributed by atoms with van der Waals surface area (Å²) in [5.74, 6) is 0.833. The van der Waals surface area contributed by atoms with Crippen LogP contribution in [-0.4, -0.2) is 47.4 Å². The van der Waals surface area contributed by atoms with Gasteiger partial charge in [0, 0.05) is 17.9 Å². The second-order valence-electron chi connectivity index (χ2n) is 6.13. The first kappa shape index (κ1) is 19.3. The van der Waals surface area contributed by atoms with Crippen LogP contribution < -0.4 is 5.14 Å². The molecule has 1 aliphatic heterocycles. The highest BCUT2D eigenvalue weighted by Gasteiger charge is 2.21. The molecule has 1 atom stereocenters. The SMILES string of the molecule is NS(=O)(=O)CCCSc1nnc(-c2ccc(F)cc2)n1CC1CCCO1. The largest absolute Gasteiger partial charge is 0.376 e. The van der Waals surface area contributed by atoms with Gasteiger partial charge in [-0.2, -0.15) is 0 Å². The molecule has 26 heavy (non-hydrogen) atoms. The first-order valence-corrected chi connectivity index (χ1v) is 11.1. The molecule has 0 amide bonds. The van der Waals surface area contributed by atoms with Crippen molar-refractivity contribution in [3.05, 3.63) is 30.1 Å². The van der Waals surface area contributed by atoms with Crippen LogP contribution >= 0.6 is 11.8 Å². The van der Waals surface area contributed by atoms with E-state index in [4.69, 9.17) is 9.88 Å². The number of benzene rings is 1. The van der Waals surface area contributed by atoms with Crippen molar-refractivity contribution in [3.8, 4) is 11.4 Å². The Bertz CT molecular complexity index is 834. The number of hydrogen-bond donors (Lipinski definition) is 1. The third-order valence-corrected chi connectivity index (χ3v) is 5.94. The fourth-order valence-electron chi connectivity index (χ4n) is 2.79. The summed E-state index contributed by atoms with van der Waals surface area (Å²) in [6.07, 6.45) is 2.52. The summed E-state index contributed by atoms with van der Waals surface area (Å²) in [6.45, 7) is 1.35. The predicted octanol–water partition coefficient (Wildman–Crippen LogP) is 2.03. The molecule has 0 spiro atoms. The molecular weight excluding hydrogens is 379 g/mol. The predicted molar refractivity (Wildman–Crippen MR) is 97.7 cm³/mol. The van der Waals surface area contributed by atoms with Crippen LogP contribution in [0.25, 0.3) is 11.4 Å². The lowest BCUT2D eigenvalue weighted by molar-refractivity contribution is 0.0953. The molecule has 1 saturated heterocycles. The summed E-state index contributed by atoms with van der Waals surface area (Å²) in [6, 6.07) is 6.11. The fourth-order valence-corrected chi connectivity index (χ4v) is 4.40. The highest BCUT2D eigenvalue weighted by atomic mass is 32.2. The minimum absolute atomic E-state index is 0.0648. The number of rotatable bonds is 8. The second-order valence-corrected chi connectivity index (χ2v) is 8.92. The lowest BCUT2D eigenvalue weighted by Crippen LogP contribution is -2.17. The van der Waals surface area contributed by atoms with E-state index in [2.05, 4.69) is 10.2 Å². The van der Waals surface area contributed by atoms with E-state index in [1.807, 2.05) is 4.57 Å². The van der Waals surface area contributed by atoms with E-state index < -0.39 is 10.0 Å². The zero-order valence-corrected chi connectivity index (χ0v) is 15.8. The van der Waals surface area contributed by atoms with Gasteiger partial charge in [0.05, 0.1) is 18.4 Å². The maximum absolute atomic E-state index is 13.2. The molecule has 1 aromatic heterocycles. The quantitative estimate of drug-likeness (QED) is 0.538. The van der Waals surface area contributed by atoms with Crippen LogP contribution in [0.5, 0.6) is 0 Å². The summed E-state index contributed by atoms with van der Waals surface area (Å²) in [5.41, 5.74) is 0.772. The van der Waals surface area contributed by atoms with Gasteiger partial charge in [-0.15, -0.1) is 10.2 Å². The van der Waals surface area contributed by atoms with Crippen LogP contribution in [0.4, 0.5) is 4.39 Å². The highest BCUT2D eigenvalue weighted by Crippen LogP contribution is 2.27. The summed E-state index contributed by atoms with van der Waals surface area (Å²) >= 11 is 1.43. The van der Waals surface area contributed by atoms with Crippen molar-refractivity contribution >= 4 is 21.8 Å². The Morgan fingerprint density at radius 2 is 2.08 bits per heavy atom. The zero-order valence-electron chi connectivity index (χ0n) is 14.2. The Hall–Kier alpha value is -1.49. The molecule has 2 heterocycles. The molecule has 1 fully saturated rings. The maximum Gasteiger partial charge on any atom is 0.209 e. The van der Waals surface area contributed by atoms with Gasteiger partial charge in [-0.05, 0) is 43.5 Å². The van der Waals surface area contributed by atoms with Crippen molar-refractivity contribution in [2.24, 2.45) is 5.14 Å². The number of aromatic nitrogens is 3. The van der Waals surface area contributed by atoms with Crippen molar-refractivity contribution in [1.29, 1.82) is 0 Å². The molecule has 1 aliphatic rings. The maximum atomic E-state index is 13.2. The van der Waals surface area contributed by atoms with Crippen LogP contribution in [0.1, 0.15) is 19.3 Å². The van der Waals surface area contributed by atoms with Crippen LogP contribution in [0.15, 0.2) is 29.4 Å². The number of nitrogens with zero attached hydrogens (tertiary/aromatic N) is 3. The van der Waals surface area contributed by atoms with Crippen LogP contribution in [0.2, 0.25) is 0 Å². The fraction of sp³-hybridized carbons (Fsp3) is 0.500. The minimum Gasteiger partial charge on any atom is -0.376 e. The van der Waals surface area contributed by atoms with Gasteiger partial charge in [-0.3, -0.25) is 4.57 Å². The van der Waals surface area contributed by atoms with E-state index in [1.54, 1.807) is 12.1 Å². The summed E-state index contributed by atoms with van der Waals surface area (Å²) in [7, 11) is -3.46. The normalized spacial score (nSPS) is 17.7. The van der Waals surface area contributed by atoms with Crippen molar-refractivity contribution in [2.45, 2.75) is 37.1 Å². The lowest BCUT2D eigenvalue weighted by Gasteiger charge is -2.14. The highest BCUT2D eigenvalue weighted by molar-refractivity contribution is 7.99. The smallest absolute Gasteiger partial charge is 0.209 e. The first-order valence-electron chi connectivity index (χ1n) is 8.36. The average molecular weight is 401 g/mol. The molecule has 2 N–H and O–H groups in total.